The monoisotopic (exact) mass is 370 g/mol. The van der Waals surface area contributed by atoms with Gasteiger partial charge in [-0.1, -0.05) is 0 Å². The first-order valence-corrected chi connectivity index (χ1v) is 8.67. The zero-order valence-electron chi connectivity index (χ0n) is 13.3. The largest absolute Gasteiger partial charge is 0.383 e. The number of sulfonamides is 1. The maximum Gasteiger partial charge on any atom is 0.255 e. The van der Waals surface area contributed by atoms with Gasteiger partial charge in [-0.15, -0.1) is 0 Å². The van der Waals surface area contributed by atoms with Gasteiger partial charge in [0.2, 0.25) is 10.0 Å². The van der Waals surface area contributed by atoms with Crippen molar-refractivity contribution < 1.29 is 26.7 Å². The molecule has 0 bridgehead atoms. The van der Waals surface area contributed by atoms with Crippen molar-refractivity contribution in [2.75, 3.05) is 25.6 Å². The summed E-state index contributed by atoms with van der Waals surface area (Å²) in [5.41, 5.74) is -0.0519. The van der Waals surface area contributed by atoms with Crippen LogP contribution in [0, 0.1) is 11.6 Å². The maximum atomic E-state index is 14.1. The summed E-state index contributed by atoms with van der Waals surface area (Å²) in [6.07, 6.45) is 0. The molecule has 0 fully saturated rings. The van der Waals surface area contributed by atoms with Crippen molar-refractivity contribution in [1.82, 2.24) is 4.72 Å². The van der Waals surface area contributed by atoms with Gasteiger partial charge in [-0.25, -0.2) is 21.9 Å². The minimum absolute atomic E-state index is 0.0451. The van der Waals surface area contributed by atoms with Crippen LogP contribution in [0.25, 0.3) is 0 Å². The Labute approximate surface area is 143 Å². The van der Waals surface area contributed by atoms with Gasteiger partial charge in [0, 0.05) is 19.2 Å². The molecule has 0 heterocycles. The molecule has 0 saturated carbocycles. The highest BCUT2D eigenvalue weighted by molar-refractivity contribution is 7.89. The molecule has 2 aromatic rings. The molecule has 0 unspecified atom stereocenters. The van der Waals surface area contributed by atoms with E-state index in [1.807, 2.05) is 0 Å². The van der Waals surface area contributed by atoms with E-state index < -0.39 is 27.6 Å². The molecule has 0 aliphatic heterocycles. The Morgan fingerprint density at radius 1 is 1.12 bits per heavy atom. The Balaban J connectivity index is 2.13. The molecular formula is C16H16F2N2O4S. The number of ether oxygens (including phenoxy) is 1. The van der Waals surface area contributed by atoms with Gasteiger partial charge in [-0.2, -0.15) is 0 Å². The number of hydrogen-bond donors (Lipinski definition) is 2. The van der Waals surface area contributed by atoms with Crippen LogP contribution in [0.15, 0.2) is 47.4 Å². The molecule has 0 saturated heterocycles. The van der Waals surface area contributed by atoms with E-state index in [2.05, 4.69) is 10.0 Å². The third kappa shape index (κ3) is 5.05. The third-order valence-corrected chi connectivity index (χ3v) is 4.66. The van der Waals surface area contributed by atoms with Gasteiger partial charge in [0.25, 0.3) is 5.91 Å². The van der Waals surface area contributed by atoms with Crippen LogP contribution in [0.5, 0.6) is 0 Å². The van der Waals surface area contributed by atoms with Crippen molar-refractivity contribution in [1.29, 1.82) is 0 Å². The molecule has 1 amide bonds. The van der Waals surface area contributed by atoms with Crippen LogP contribution >= 0.6 is 0 Å². The van der Waals surface area contributed by atoms with E-state index in [-0.39, 0.29) is 29.3 Å². The molecule has 6 nitrogen and oxygen atoms in total. The molecule has 9 heteroatoms. The van der Waals surface area contributed by atoms with Crippen molar-refractivity contribution in [3.05, 3.63) is 59.7 Å². The highest BCUT2D eigenvalue weighted by atomic mass is 32.2. The lowest BCUT2D eigenvalue weighted by Gasteiger charge is -2.10. The molecule has 2 rings (SSSR count). The summed E-state index contributed by atoms with van der Waals surface area (Å²) < 4.78 is 57.9. The summed E-state index contributed by atoms with van der Waals surface area (Å²) in [4.78, 5) is 11.7. The number of anilines is 1. The third-order valence-electron chi connectivity index (χ3n) is 3.20. The Morgan fingerprint density at radius 2 is 1.80 bits per heavy atom. The number of halogens is 2. The van der Waals surface area contributed by atoms with Crippen molar-refractivity contribution in [3.63, 3.8) is 0 Å². The highest BCUT2D eigenvalue weighted by Gasteiger charge is 2.17. The standard InChI is InChI=1S/C16H16F2N2O4S/c1-24-9-8-19-25(22,23)13-6-7-15(14(18)10-13)20-16(21)11-2-4-12(17)5-3-11/h2-7,10,19H,8-9H2,1H3,(H,20,21). The van der Waals surface area contributed by atoms with Crippen molar-refractivity contribution >= 4 is 21.6 Å². The summed E-state index contributed by atoms with van der Waals surface area (Å²) >= 11 is 0. The lowest BCUT2D eigenvalue weighted by molar-refractivity contribution is 0.102. The molecule has 0 radical (unpaired) electrons. The number of nitrogens with one attached hydrogen (secondary N) is 2. The van der Waals surface area contributed by atoms with E-state index >= 15 is 0 Å². The van der Waals surface area contributed by atoms with Gasteiger partial charge >= 0.3 is 0 Å². The lowest BCUT2D eigenvalue weighted by Crippen LogP contribution is -2.27. The predicted octanol–water partition coefficient (Wildman–Crippen LogP) is 2.14. The van der Waals surface area contributed by atoms with Gasteiger partial charge < -0.3 is 10.1 Å². The molecule has 0 atom stereocenters. The molecule has 2 N–H and O–H groups in total. The van der Waals surface area contributed by atoms with E-state index in [0.717, 1.165) is 24.3 Å². The quantitative estimate of drug-likeness (QED) is 0.732. The number of rotatable bonds is 7. The zero-order valence-corrected chi connectivity index (χ0v) is 14.1. The van der Waals surface area contributed by atoms with E-state index in [0.29, 0.717) is 0 Å². The van der Waals surface area contributed by atoms with E-state index in [1.165, 1.54) is 25.3 Å². The predicted molar refractivity (Wildman–Crippen MR) is 87.8 cm³/mol. The molecule has 2 aromatic carbocycles. The average Bonchev–Trinajstić information content (AvgIpc) is 2.57. The normalized spacial score (nSPS) is 11.3. The fourth-order valence-electron chi connectivity index (χ4n) is 1.92. The summed E-state index contributed by atoms with van der Waals surface area (Å²) in [6, 6.07) is 7.82. The minimum Gasteiger partial charge on any atom is -0.383 e. The second kappa shape index (κ2) is 8.15. The SMILES string of the molecule is COCCNS(=O)(=O)c1ccc(NC(=O)c2ccc(F)cc2)c(F)c1. The van der Waals surface area contributed by atoms with Crippen LogP contribution in [0.1, 0.15) is 10.4 Å². The number of hydrogen-bond acceptors (Lipinski definition) is 4. The fraction of sp³-hybridized carbons (Fsp3) is 0.188. The smallest absolute Gasteiger partial charge is 0.255 e. The van der Waals surface area contributed by atoms with Crippen LogP contribution in [-0.2, 0) is 14.8 Å². The number of benzene rings is 2. The van der Waals surface area contributed by atoms with E-state index in [4.69, 9.17) is 4.74 Å². The number of carbonyl (C=O) groups is 1. The van der Waals surface area contributed by atoms with Crippen molar-refractivity contribution in [2.45, 2.75) is 4.90 Å². The number of carbonyl (C=O) groups excluding carboxylic acids is 1. The Bertz CT molecular complexity index is 855. The summed E-state index contributed by atoms with van der Waals surface area (Å²) in [7, 11) is -2.46. The maximum absolute atomic E-state index is 14.1. The fourth-order valence-corrected chi connectivity index (χ4v) is 2.95. The van der Waals surface area contributed by atoms with Crippen molar-refractivity contribution in [3.8, 4) is 0 Å². The molecule has 134 valence electrons. The lowest BCUT2D eigenvalue weighted by atomic mass is 10.2. The van der Waals surface area contributed by atoms with Gasteiger partial charge in [-0.3, -0.25) is 4.79 Å². The Hall–Kier alpha value is -2.36. The molecular weight excluding hydrogens is 354 g/mol. The van der Waals surface area contributed by atoms with Gasteiger partial charge in [-0.05, 0) is 42.5 Å². The van der Waals surface area contributed by atoms with Crippen LogP contribution in [0.3, 0.4) is 0 Å². The van der Waals surface area contributed by atoms with Crippen LogP contribution in [-0.4, -0.2) is 34.6 Å². The number of amides is 1. The first kappa shape index (κ1) is 19.0. The molecule has 0 aromatic heterocycles. The topological polar surface area (TPSA) is 84.5 Å². The molecule has 0 aliphatic rings. The first-order chi connectivity index (χ1) is 11.8. The Morgan fingerprint density at radius 3 is 2.40 bits per heavy atom. The minimum atomic E-state index is -3.88. The average molecular weight is 370 g/mol. The van der Waals surface area contributed by atoms with Crippen LogP contribution in [0.4, 0.5) is 14.5 Å². The summed E-state index contributed by atoms with van der Waals surface area (Å²) in [5.74, 6) is -2.06. The Kier molecular flexibility index (Phi) is 6.18. The first-order valence-electron chi connectivity index (χ1n) is 7.18. The van der Waals surface area contributed by atoms with Gasteiger partial charge in [0.05, 0.1) is 17.2 Å². The summed E-state index contributed by atoms with van der Waals surface area (Å²) in [6.45, 7) is 0.219. The number of methoxy groups -OCH3 is 1. The van der Waals surface area contributed by atoms with Crippen LogP contribution < -0.4 is 10.0 Å². The molecule has 0 spiro atoms. The summed E-state index contributed by atoms with van der Waals surface area (Å²) in [5, 5.41) is 2.31. The van der Waals surface area contributed by atoms with Crippen LogP contribution in [0.2, 0.25) is 0 Å². The second-order valence-electron chi connectivity index (χ2n) is 4.99. The second-order valence-corrected chi connectivity index (χ2v) is 6.76. The van der Waals surface area contributed by atoms with E-state index in [9.17, 15) is 22.0 Å². The van der Waals surface area contributed by atoms with E-state index in [1.54, 1.807) is 0 Å². The van der Waals surface area contributed by atoms with Gasteiger partial charge in [0.1, 0.15) is 11.6 Å². The van der Waals surface area contributed by atoms with Crippen molar-refractivity contribution in [2.24, 2.45) is 0 Å². The van der Waals surface area contributed by atoms with Gasteiger partial charge in [0.15, 0.2) is 0 Å². The highest BCUT2D eigenvalue weighted by Crippen LogP contribution is 2.20. The molecule has 0 aliphatic carbocycles. The molecule has 25 heavy (non-hydrogen) atoms. The zero-order chi connectivity index (χ0) is 18.4.